The summed E-state index contributed by atoms with van der Waals surface area (Å²) in [6.45, 7) is 1.83. The summed E-state index contributed by atoms with van der Waals surface area (Å²) in [7, 11) is 1.86. The molecule has 13 nitrogen and oxygen atoms in total. The van der Waals surface area contributed by atoms with Gasteiger partial charge < -0.3 is 30.8 Å². The van der Waals surface area contributed by atoms with Gasteiger partial charge in [0.25, 0.3) is 0 Å². The average Bonchev–Trinajstić information content (AvgIpc) is 3.35. The number of ether oxygens (including phenoxy) is 1. The highest BCUT2D eigenvalue weighted by Crippen LogP contribution is 2.26. The van der Waals surface area contributed by atoms with Crippen LogP contribution in [0.25, 0.3) is 0 Å². The number of benzene rings is 1. The number of carbonyl (C=O) groups excluding carboxylic acids is 7. The number of thioether (sulfide) groups is 1. The number of Topliss-reactive ketones (excluding diaryl/α,β-unsaturated/α-hetero) is 2. The Bertz CT molecular complexity index is 1380. The number of likely N-dealkylation sites (tertiary alicyclic amines) is 1. The molecular formula is C35H49N5O8S. The molecule has 1 aliphatic carbocycles. The molecule has 4 N–H and O–H groups in total. The molecule has 268 valence electrons. The molecule has 49 heavy (non-hydrogen) atoms. The van der Waals surface area contributed by atoms with Crippen LogP contribution in [0.5, 0.6) is 0 Å². The normalized spacial score (nSPS) is 16.0. The second-order valence-electron chi connectivity index (χ2n) is 12.2. The fourth-order valence-electron chi connectivity index (χ4n) is 5.51. The lowest BCUT2D eigenvalue weighted by Gasteiger charge is -2.19. The van der Waals surface area contributed by atoms with Gasteiger partial charge in [-0.3, -0.25) is 33.7 Å². The lowest BCUT2D eigenvalue weighted by molar-refractivity contribution is -0.142. The third-order valence-corrected chi connectivity index (χ3v) is 9.43. The Labute approximate surface area is 292 Å². The van der Waals surface area contributed by atoms with Gasteiger partial charge in [-0.05, 0) is 56.6 Å². The van der Waals surface area contributed by atoms with Crippen LogP contribution in [0.4, 0.5) is 0 Å². The number of nitrogens with one attached hydrogen (secondary N) is 4. The number of hydrogen-bond donors (Lipinski definition) is 4. The fraction of sp³-hybridized carbons (Fsp3) is 0.571. The van der Waals surface area contributed by atoms with E-state index in [2.05, 4.69) is 21.3 Å². The number of unbranched alkanes of at least 4 members (excludes halogenated alkanes) is 2. The molecule has 1 saturated heterocycles. The van der Waals surface area contributed by atoms with E-state index in [0.717, 1.165) is 84.0 Å². The summed E-state index contributed by atoms with van der Waals surface area (Å²) in [5.74, 6) is -1.77. The molecule has 0 saturated carbocycles. The number of carbonyl (C=O) groups is 7. The van der Waals surface area contributed by atoms with Crippen molar-refractivity contribution in [3.8, 4) is 0 Å². The second-order valence-corrected chi connectivity index (χ2v) is 13.4. The number of ketones is 2. The predicted molar refractivity (Wildman–Crippen MR) is 185 cm³/mol. The molecule has 5 amide bonds. The van der Waals surface area contributed by atoms with Crippen molar-refractivity contribution in [3.05, 3.63) is 46.7 Å². The Hall–Kier alpha value is -4.04. The van der Waals surface area contributed by atoms with Crippen molar-refractivity contribution in [1.82, 2.24) is 26.2 Å². The zero-order valence-corrected chi connectivity index (χ0v) is 29.3. The van der Waals surface area contributed by atoms with E-state index in [1.807, 2.05) is 31.3 Å². The average molecular weight is 700 g/mol. The smallest absolute Gasteiger partial charge is 0.246 e. The van der Waals surface area contributed by atoms with Crippen LogP contribution in [0.15, 0.2) is 35.5 Å². The molecule has 2 aliphatic rings. The maximum absolute atomic E-state index is 12.8. The van der Waals surface area contributed by atoms with Gasteiger partial charge in [0.05, 0.1) is 17.6 Å². The van der Waals surface area contributed by atoms with Gasteiger partial charge in [0.2, 0.25) is 29.5 Å². The van der Waals surface area contributed by atoms with Crippen LogP contribution in [-0.4, -0.2) is 96.9 Å². The van der Waals surface area contributed by atoms with E-state index in [0.29, 0.717) is 25.9 Å². The molecule has 3 rings (SSSR count). The van der Waals surface area contributed by atoms with Crippen molar-refractivity contribution in [1.29, 1.82) is 0 Å². The first-order chi connectivity index (χ1) is 23.6. The number of allylic oxidation sites excluding steroid dienone is 2. The molecular weight excluding hydrogens is 650 g/mol. The van der Waals surface area contributed by atoms with E-state index >= 15 is 0 Å². The van der Waals surface area contributed by atoms with Crippen molar-refractivity contribution in [2.75, 3.05) is 45.6 Å². The Kier molecular flexibility index (Phi) is 17.0. The van der Waals surface area contributed by atoms with E-state index < -0.39 is 29.5 Å². The van der Waals surface area contributed by atoms with Gasteiger partial charge in [-0.25, -0.2) is 0 Å². The van der Waals surface area contributed by atoms with E-state index in [4.69, 9.17) is 4.74 Å². The lowest BCUT2D eigenvalue weighted by Crippen LogP contribution is -2.42. The summed E-state index contributed by atoms with van der Waals surface area (Å²) in [5.41, 5.74) is 3.75. The van der Waals surface area contributed by atoms with Crippen LogP contribution in [0.3, 0.4) is 0 Å². The minimum Gasteiger partial charge on any atom is -0.391 e. The van der Waals surface area contributed by atoms with Crippen LogP contribution in [-0.2, 0) is 51.3 Å². The summed E-state index contributed by atoms with van der Waals surface area (Å²) >= 11 is 1.07. The monoisotopic (exact) mass is 699 g/mol. The molecule has 0 spiro atoms. The molecule has 1 atom stereocenters. The summed E-state index contributed by atoms with van der Waals surface area (Å²) in [6, 6.07) is 7.55. The lowest BCUT2D eigenvalue weighted by atomic mass is 9.90. The Morgan fingerprint density at radius 2 is 1.59 bits per heavy atom. The number of rotatable bonds is 22. The first-order valence-electron chi connectivity index (χ1n) is 16.9. The van der Waals surface area contributed by atoms with Crippen LogP contribution < -0.4 is 21.3 Å². The zero-order valence-electron chi connectivity index (χ0n) is 28.5. The molecule has 1 unspecified atom stereocenters. The van der Waals surface area contributed by atoms with Crippen molar-refractivity contribution in [2.24, 2.45) is 0 Å². The van der Waals surface area contributed by atoms with Gasteiger partial charge >= 0.3 is 0 Å². The van der Waals surface area contributed by atoms with Crippen molar-refractivity contribution in [3.63, 3.8) is 0 Å². The number of hydrogen-bond acceptors (Lipinski definition) is 10. The Morgan fingerprint density at radius 1 is 0.878 bits per heavy atom. The molecule has 1 heterocycles. The van der Waals surface area contributed by atoms with E-state index in [-0.39, 0.29) is 55.3 Å². The number of amides is 5. The predicted octanol–water partition coefficient (Wildman–Crippen LogP) is 1.72. The molecule has 1 aliphatic heterocycles. The third-order valence-electron chi connectivity index (χ3n) is 8.23. The van der Waals surface area contributed by atoms with Gasteiger partial charge in [0.15, 0.2) is 5.78 Å². The van der Waals surface area contributed by atoms with Crippen molar-refractivity contribution in [2.45, 2.75) is 82.9 Å². The summed E-state index contributed by atoms with van der Waals surface area (Å²) in [5, 5.41) is 10.6. The van der Waals surface area contributed by atoms with Crippen LogP contribution in [0.1, 0.15) is 75.8 Å². The highest BCUT2D eigenvalue weighted by molar-refractivity contribution is 8.01. The molecule has 1 aromatic rings. The van der Waals surface area contributed by atoms with Gasteiger partial charge in [-0.15, -0.1) is 11.8 Å². The SMILES string of the molecule is CNC1=C(C(=O)Cc2ccc(CNC(=O)COCCNC(=O)CN3C(=O)CC(SCC(=O)NCCCCCC(C)=O)C3=O)cc2)CCCC1. The van der Waals surface area contributed by atoms with Gasteiger partial charge in [-0.1, -0.05) is 30.7 Å². The Morgan fingerprint density at radius 3 is 2.33 bits per heavy atom. The fourth-order valence-corrected chi connectivity index (χ4v) is 6.50. The minimum atomic E-state index is -0.721. The molecule has 1 fully saturated rings. The molecule has 0 radical (unpaired) electrons. The van der Waals surface area contributed by atoms with Crippen LogP contribution in [0, 0.1) is 0 Å². The standard InChI is InChI=1S/C35H49N5O8S/c1-24(41)8-4-3-7-15-37-33(45)23-49-30-19-34(46)40(35(30)47)21-31(43)38-16-17-48-22-32(44)39-20-26-13-11-25(12-14-26)18-29(42)27-9-5-6-10-28(27)36-2/h11-14,30,36H,3-10,15-23H2,1-2H3,(H,37,45)(H,38,43)(H,39,44). The minimum absolute atomic E-state index is 0.0211. The highest BCUT2D eigenvalue weighted by Gasteiger charge is 2.39. The van der Waals surface area contributed by atoms with Crippen LogP contribution in [0.2, 0.25) is 0 Å². The maximum Gasteiger partial charge on any atom is 0.246 e. The van der Waals surface area contributed by atoms with Gasteiger partial charge in [0, 0.05) is 57.2 Å². The third kappa shape index (κ3) is 14.1. The van der Waals surface area contributed by atoms with E-state index in [1.165, 1.54) is 0 Å². The van der Waals surface area contributed by atoms with E-state index in [9.17, 15) is 33.6 Å². The molecule has 0 bridgehead atoms. The molecule has 1 aromatic carbocycles. The van der Waals surface area contributed by atoms with Gasteiger partial charge in [-0.2, -0.15) is 0 Å². The van der Waals surface area contributed by atoms with Crippen LogP contribution >= 0.6 is 11.8 Å². The number of imide groups is 1. The van der Waals surface area contributed by atoms with Crippen molar-refractivity contribution >= 4 is 52.9 Å². The topological polar surface area (TPSA) is 180 Å². The highest BCUT2D eigenvalue weighted by atomic mass is 32.2. The number of nitrogens with zero attached hydrogens (tertiary/aromatic N) is 1. The quantitative estimate of drug-likeness (QED) is 0.103. The maximum atomic E-state index is 12.8. The largest absolute Gasteiger partial charge is 0.391 e. The van der Waals surface area contributed by atoms with Crippen molar-refractivity contribution < 1.29 is 38.3 Å². The summed E-state index contributed by atoms with van der Waals surface area (Å²) in [4.78, 5) is 86.3. The summed E-state index contributed by atoms with van der Waals surface area (Å²) < 4.78 is 5.34. The first kappa shape index (κ1) is 39.4. The van der Waals surface area contributed by atoms with E-state index in [1.54, 1.807) is 6.92 Å². The summed E-state index contributed by atoms with van der Waals surface area (Å²) in [6.07, 6.45) is 7.02. The van der Waals surface area contributed by atoms with Gasteiger partial charge in [0.1, 0.15) is 18.9 Å². The molecule has 0 aromatic heterocycles. The zero-order chi connectivity index (χ0) is 35.6. The molecule has 14 heteroatoms. The Balaban J connectivity index is 1.24. The second kappa shape index (κ2) is 21.1. The first-order valence-corrected chi connectivity index (χ1v) is 18.0.